The van der Waals surface area contributed by atoms with Gasteiger partial charge in [0.15, 0.2) is 6.10 Å². The molecule has 1 atom stereocenters. The van der Waals surface area contributed by atoms with Gasteiger partial charge in [0.1, 0.15) is 17.2 Å². The summed E-state index contributed by atoms with van der Waals surface area (Å²) in [4.78, 5) is 11.7. The van der Waals surface area contributed by atoms with Gasteiger partial charge in [0, 0.05) is 6.07 Å². The quantitative estimate of drug-likeness (QED) is 0.797. The first-order chi connectivity index (χ1) is 8.19. The molecule has 0 aliphatic rings. The van der Waals surface area contributed by atoms with E-state index >= 15 is 0 Å². The van der Waals surface area contributed by atoms with E-state index in [-0.39, 0.29) is 5.75 Å². The van der Waals surface area contributed by atoms with Crippen molar-refractivity contribution < 1.29 is 18.7 Å². The maximum Gasteiger partial charge on any atom is 0.347 e. The molecule has 3 nitrogen and oxygen atoms in total. The van der Waals surface area contributed by atoms with Crippen LogP contribution in [0.2, 0.25) is 0 Å². The lowest BCUT2D eigenvalue weighted by molar-refractivity contribution is -0.162. The largest absolute Gasteiger partial charge is 0.479 e. The summed E-state index contributed by atoms with van der Waals surface area (Å²) in [5.41, 5.74) is -0.570. The van der Waals surface area contributed by atoms with E-state index in [0.717, 1.165) is 0 Å². The molecule has 5 heteroatoms. The minimum absolute atomic E-state index is 0.286. The summed E-state index contributed by atoms with van der Waals surface area (Å²) < 4.78 is 24.1. The molecule has 0 aliphatic carbocycles. The van der Waals surface area contributed by atoms with Crippen molar-refractivity contribution in [3.8, 4) is 5.75 Å². The number of halogens is 2. The Kier molecular flexibility index (Phi) is 4.73. The topological polar surface area (TPSA) is 35.5 Å². The Morgan fingerprint density at radius 1 is 1.39 bits per heavy atom. The predicted molar refractivity (Wildman–Crippen MR) is 70.0 cm³/mol. The van der Waals surface area contributed by atoms with Crippen LogP contribution in [0, 0.1) is 5.82 Å². The number of hydrogen-bond acceptors (Lipinski definition) is 3. The van der Waals surface area contributed by atoms with E-state index in [2.05, 4.69) is 15.9 Å². The average Bonchev–Trinajstić information content (AvgIpc) is 2.21. The normalized spacial score (nSPS) is 13.0. The Balaban J connectivity index is 2.66. The van der Waals surface area contributed by atoms with Crippen LogP contribution in [0.5, 0.6) is 5.75 Å². The third kappa shape index (κ3) is 4.64. The molecule has 100 valence electrons. The van der Waals surface area contributed by atoms with Gasteiger partial charge in [-0.15, -0.1) is 0 Å². The summed E-state index contributed by atoms with van der Waals surface area (Å²) in [7, 11) is 0. The Bertz CT molecular complexity index is 440. The highest BCUT2D eigenvalue weighted by atomic mass is 79.9. The molecule has 0 aliphatic heterocycles. The Morgan fingerprint density at radius 2 is 2.00 bits per heavy atom. The standard InChI is InChI=1S/C13H16BrFO3/c1-8(12(16)18-13(2,3)4)17-9-5-6-10(14)11(15)7-9/h5-8H,1-4H3. The Morgan fingerprint density at radius 3 is 2.50 bits per heavy atom. The molecule has 0 radical (unpaired) electrons. The molecule has 1 unspecified atom stereocenters. The molecule has 0 N–H and O–H groups in total. The van der Waals surface area contributed by atoms with E-state index in [1.54, 1.807) is 33.8 Å². The van der Waals surface area contributed by atoms with Crippen molar-refractivity contribution in [3.63, 3.8) is 0 Å². The molecular formula is C13H16BrFO3. The van der Waals surface area contributed by atoms with Crippen LogP contribution < -0.4 is 4.74 Å². The maximum absolute atomic E-state index is 13.3. The predicted octanol–water partition coefficient (Wildman–Crippen LogP) is 3.70. The number of carbonyl (C=O) groups is 1. The molecular weight excluding hydrogens is 303 g/mol. The number of ether oxygens (including phenoxy) is 2. The molecule has 1 aromatic carbocycles. The molecule has 1 rings (SSSR count). The first kappa shape index (κ1) is 15.0. The average molecular weight is 319 g/mol. The third-order valence-electron chi connectivity index (χ3n) is 1.94. The monoisotopic (exact) mass is 318 g/mol. The minimum atomic E-state index is -0.787. The lowest BCUT2D eigenvalue weighted by Crippen LogP contribution is -2.33. The molecule has 18 heavy (non-hydrogen) atoms. The van der Waals surface area contributed by atoms with Gasteiger partial charge in [-0.3, -0.25) is 0 Å². The summed E-state index contributed by atoms with van der Waals surface area (Å²) in [6.07, 6.45) is -0.787. The fourth-order valence-electron chi connectivity index (χ4n) is 1.19. The van der Waals surface area contributed by atoms with E-state index in [0.29, 0.717) is 4.47 Å². The number of rotatable bonds is 3. The van der Waals surface area contributed by atoms with Crippen molar-refractivity contribution >= 4 is 21.9 Å². The molecule has 0 saturated heterocycles. The van der Waals surface area contributed by atoms with E-state index in [9.17, 15) is 9.18 Å². The summed E-state index contributed by atoms with van der Waals surface area (Å²) >= 11 is 3.04. The molecule has 0 amide bonds. The third-order valence-corrected chi connectivity index (χ3v) is 2.59. The number of carbonyl (C=O) groups excluding carboxylic acids is 1. The van der Waals surface area contributed by atoms with Gasteiger partial charge in [-0.25, -0.2) is 9.18 Å². The Hall–Kier alpha value is -1.10. The van der Waals surface area contributed by atoms with Gasteiger partial charge in [0.05, 0.1) is 4.47 Å². The summed E-state index contributed by atoms with van der Waals surface area (Å²) in [5.74, 6) is -0.635. The molecule has 0 spiro atoms. The molecule has 0 fully saturated rings. The zero-order valence-corrected chi connectivity index (χ0v) is 12.4. The minimum Gasteiger partial charge on any atom is -0.479 e. The smallest absolute Gasteiger partial charge is 0.347 e. The second kappa shape index (κ2) is 5.69. The molecule has 0 aromatic heterocycles. The van der Waals surface area contributed by atoms with E-state index < -0.39 is 23.5 Å². The van der Waals surface area contributed by atoms with Crippen molar-refractivity contribution in [3.05, 3.63) is 28.5 Å². The van der Waals surface area contributed by atoms with E-state index in [4.69, 9.17) is 9.47 Å². The van der Waals surface area contributed by atoms with Crippen LogP contribution in [-0.4, -0.2) is 17.7 Å². The summed E-state index contributed by atoms with van der Waals surface area (Å²) in [5, 5.41) is 0. The van der Waals surface area contributed by atoms with Crippen LogP contribution in [0.25, 0.3) is 0 Å². The van der Waals surface area contributed by atoms with Crippen LogP contribution >= 0.6 is 15.9 Å². The second-order valence-electron chi connectivity index (χ2n) is 4.87. The van der Waals surface area contributed by atoms with Crippen LogP contribution in [-0.2, 0) is 9.53 Å². The maximum atomic E-state index is 13.3. The first-order valence-corrected chi connectivity index (χ1v) is 6.33. The van der Waals surface area contributed by atoms with Crippen LogP contribution in [0.15, 0.2) is 22.7 Å². The molecule has 0 saturated carbocycles. The van der Waals surface area contributed by atoms with E-state index in [1.807, 2.05) is 0 Å². The van der Waals surface area contributed by atoms with Crippen LogP contribution in [0.1, 0.15) is 27.7 Å². The van der Waals surface area contributed by atoms with Crippen molar-refractivity contribution in [2.75, 3.05) is 0 Å². The number of hydrogen-bond donors (Lipinski definition) is 0. The van der Waals surface area contributed by atoms with Gasteiger partial charge >= 0.3 is 5.97 Å². The van der Waals surface area contributed by atoms with E-state index in [1.165, 1.54) is 12.1 Å². The fraction of sp³-hybridized carbons (Fsp3) is 0.462. The van der Waals surface area contributed by atoms with Crippen molar-refractivity contribution in [1.82, 2.24) is 0 Å². The van der Waals surface area contributed by atoms with Gasteiger partial charge in [0.2, 0.25) is 0 Å². The highest BCUT2D eigenvalue weighted by Gasteiger charge is 2.23. The van der Waals surface area contributed by atoms with Gasteiger partial charge < -0.3 is 9.47 Å². The summed E-state index contributed by atoms with van der Waals surface area (Å²) in [6, 6.07) is 4.31. The zero-order valence-electron chi connectivity index (χ0n) is 10.8. The summed E-state index contributed by atoms with van der Waals surface area (Å²) in [6.45, 7) is 6.89. The highest BCUT2D eigenvalue weighted by molar-refractivity contribution is 9.10. The van der Waals surface area contributed by atoms with Crippen LogP contribution in [0.3, 0.4) is 0 Å². The van der Waals surface area contributed by atoms with Crippen molar-refractivity contribution in [2.45, 2.75) is 39.4 Å². The zero-order chi connectivity index (χ0) is 13.9. The van der Waals surface area contributed by atoms with Crippen molar-refractivity contribution in [1.29, 1.82) is 0 Å². The SMILES string of the molecule is CC(Oc1ccc(Br)c(F)c1)C(=O)OC(C)(C)C. The highest BCUT2D eigenvalue weighted by Crippen LogP contribution is 2.22. The first-order valence-electron chi connectivity index (χ1n) is 5.53. The fourth-order valence-corrected chi connectivity index (χ4v) is 1.43. The van der Waals surface area contributed by atoms with Crippen molar-refractivity contribution in [2.24, 2.45) is 0 Å². The second-order valence-corrected chi connectivity index (χ2v) is 5.72. The van der Waals surface area contributed by atoms with Gasteiger partial charge in [-0.05, 0) is 55.8 Å². The van der Waals surface area contributed by atoms with Crippen LogP contribution in [0.4, 0.5) is 4.39 Å². The van der Waals surface area contributed by atoms with Gasteiger partial charge in [-0.2, -0.15) is 0 Å². The number of benzene rings is 1. The molecule has 1 aromatic rings. The lowest BCUT2D eigenvalue weighted by atomic mass is 10.2. The van der Waals surface area contributed by atoms with Gasteiger partial charge in [0.25, 0.3) is 0 Å². The van der Waals surface area contributed by atoms with Gasteiger partial charge in [-0.1, -0.05) is 0 Å². The Labute approximate surface area is 114 Å². The molecule has 0 heterocycles. The number of esters is 1. The molecule has 0 bridgehead atoms. The lowest BCUT2D eigenvalue weighted by Gasteiger charge is -2.22.